The maximum Gasteiger partial charge on any atom is 0.162 e. The molecule has 0 amide bonds. The standard InChI is InChI=1S/C25H56O2Si2/c1-22(2,3)16-14-20(24(7,8)9)26-28-18-13-19-29-27-21(25(10,11)12)15-17-23(4,5)6/h20-21H,13-19,28-29H2,1-12H3. The van der Waals surface area contributed by atoms with Crippen LogP contribution in [0.15, 0.2) is 0 Å². The zero-order valence-corrected chi connectivity index (χ0v) is 25.2. The predicted octanol–water partition coefficient (Wildman–Crippen LogP) is 6.90. The van der Waals surface area contributed by atoms with Gasteiger partial charge >= 0.3 is 0 Å². The molecular formula is C25H56O2Si2. The molecule has 0 aliphatic heterocycles. The zero-order valence-electron chi connectivity index (χ0n) is 22.3. The van der Waals surface area contributed by atoms with E-state index in [1.807, 2.05) is 0 Å². The quantitative estimate of drug-likeness (QED) is 0.241. The van der Waals surface area contributed by atoms with Gasteiger partial charge in [-0.15, -0.1) is 0 Å². The average Bonchev–Trinajstić information content (AvgIpc) is 2.47. The summed E-state index contributed by atoms with van der Waals surface area (Å²) in [7, 11) is -0.833. The van der Waals surface area contributed by atoms with Gasteiger partial charge in [0, 0.05) is 12.2 Å². The molecule has 0 aromatic rings. The fourth-order valence-corrected chi connectivity index (χ4v) is 7.55. The molecule has 0 radical (unpaired) electrons. The molecule has 0 saturated heterocycles. The summed E-state index contributed by atoms with van der Waals surface area (Å²) in [4.78, 5) is 0. The first-order valence-corrected chi connectivity index (χ1v) is 15.3. The minimum atomic E-state index is -0.416. The predicted molar refractivity (Wildman–Crippen MR) is 137 cm³/mol. The van der Waals surface area contributed by atoms with E-state index in [-0.39, 0.29) is 10.8 Å². The van der Waals surface area contributed by atoms with Crippen LogP contribution in [0.2, 0.25) is 12.1 Å². The van der Waals surface area contributed by atoms with Crippen molar-refractivity contribution in [3.05, 3.63) is 0 Å². The van der Waals surface area contributed by atoms with E-state index in [1.54, 1.807) is 0 Å². The Labute approximate surface area is 189 Å². The number of hydrogen-bond donors (Lipinski definition) is 0. The molecule has 4 heteroatoms. The van der Waals surface area contributed by atoms with Crippen LogP contribution in [0.4, 0.5) is 0 Å². The van der Waals surface area contributed by atoms with Crippen molar-refractivity contribution in [3.8, 4) is 0 Å². The van der Waals surface area contributed by atoms with Crippen LogP contribution in [0.25, 0.3) is 0 Å². The molecule has 0 aliphatic carbocycles. The van der Waals surface area contributed by atoms with Crippen molar-refractivity contribution in [2.24, 2.45) is 21.7 Å². The van der Waals surface area contributed by atoms with Gasteiger partial charge in [-0.05, 0) is 59.4 Å². The lowest BCUT2D eigenvalue weighted by atomic mass is 9.81. The molecule has 2 atom stereocenters. The third kappa shape index (κ3) is 16.7. The molecule has 0 heterocycles. The van der Waals surface area contributed by atoms with Gasteiger partial charge in [0.15, 0.2) is 19.5 Å². The summed E-state index contributed by atoms with van der Waals surface area (Å²) in [6.45, 7) is 28.0. The Hall–Kier alpha value is 0.354. The van der Waals surface area contributed by atoms with E-state index < -0.39 is 19.5 Å². The Kier molecular flexibility index (Phi) is 12.6. The summed E-state index contributed by atoms with van der Waals surface area (Å²) in [5, 5.41) is 0. The van der Waals surface area contributed by atoms with Crippen molar-refractivity contribution >= 4 is 19.5 Å². The largest absolute Gasteiger partial charge is 0.421 e. The smallest absolute Gasteiger partial charge is 0.162 e. The minimum absolute atomic E-state index is 0.253. The molecular weight excluding hydrogens is 388 g/mol. The summed E-state index contributed by atoms with van der Waals surface area (Å²) < 4.78 is 12.9. The van der Waals surface area contributed by atoms with Gasteiger partial charge < -0.3 is 8.85 Å². The van der Waals surface area contributed by atoms with E-state index >= 15 is 0 Å². The topological polar surface area (TPSA) is 18.5 Å². The van der Waals surface area contributed by atoms with Crippen molar-refractivity contribution in [2.75, 3.05) is 0 Å². The Morgan fingerprint density at radius 3 is 1.10 bits per heavy atom. The summed E-state index contributed by atoms with van der Waals surface area (Å²) >= 11 is 0. The molecule has 0 fully saturated rings. The van der Waals surface area contributed by atoms with Crippen LogP contribution in [-0.2, 0) is 8.85 Å². The highest BCUT2D eigenvalue weighted by Gasteiger charge is 2.27. The van der Waals surface area contributed by atoms with Crippen LogP contribution in [0.3, 0.4) is 0 Å². The van der Waals surface area contributed by atoms with E-state index in [0.29, 0.717) is 23.0 Å². The minimum Gasteiger partial charge on any atom is -0.421 e. The average molecular weight is 445 g/mol. The molecule has 0 spiro atoms. The summed E-state index contributed by atoms with van der Waals surface area (Å²) in [6, 6.07) is 2.61. The Balaban J connectivity index is 4.19. The molecule has 0 rings (SSSR count). The van der Waals surface area contributed by atoms with Gasteiger partial charge in [0.05, 0.1) is 0 Å². The molecule has 0 bridgehead atoms. The Morgan fingerprint density at radius 1 is 0.552 bits per heavy atom. The van der Waals surface area contributed by atoms with Crippen molar-refractivity contribution < 1.29 is 8.85 Å². The second-order valence-electron chi connectivity index (χ2n) is 13.7. The first kappa shape index (κ1) is 29.4. The van der Waals surface area contributed by atoms with Crippen LogP contribution in [0.5, 0.6) is 0 Å². The molecule has 0 aliphatic rings. The molecule has 29 heavy (non-hydrogen) atoms. The highest BCUT2D eigenvalue weighted by molar-refractivity contribution is 6.29. The number of hydrogen-bond acceptors (Lipinski definition) is 2. The van der Waals surface area contributed by atoms with Gasteiger partial charge in [-0.3, -0.25) is 0 Å². The van der Waals surface area contributed by atoms with E-state index in [9.17, 15) is 0 Å². The van der Waals surface area contributed by atoms with Crippen LogP contribution in [0, 0.1) is 21.7 Å². The van der Waals surface area contributed by atoms with E-state index in [0.717, 1.165) is 0 Å². The highest BCUT2D eigenvalue weighted by Crippen LogP contribution is 2.32. The first-order valence-electron chi connectivity index (χ1n) is 12.1. The third-order valence-electron chi connectivity index (χ3n) is 5.67. The fourth-order valence-electron chi connectivity index (χ4n) is 3.49. The van der Waals surface area contributed by atoms with Gasteiger partial charge in [0.25, 0.3) is 0 Å². The van der Waals surface area contributed by atoms with Gasteiger partial charge in [-0.1, -0.05) is 89.5 Å². The van der Waals surface area contributed by atoms with E-state index in [4.69, 9.17) is 8.85 Å². The van der Waals surface area contributed by atoms with Gasteiger partial charge in [-0.2, -0.15) is 0 Å². The van der Waals surface area contributed by atoms with Gasteiger partial charge in [0.1, 0.15) is 0 Å². The van der Waals surface area contributed by atoms with Crippen molar-refractivity contribution in [1.29, 1.82) is 0 Å². The monoisotopic (exact) mass is 444 g/mol. The molecule has 0 aromatic heterocycles. The lowest BCUT2D eigenvalue weighted by molar-refractivity contribution is 0.0703. The van der Waals surface area contributed by atoms with Crippen molar-refractivity contribution in [3.63, 3.8) is 0 Å². The molecule has 2 nitrogen and oxygen atoms in total. The van der Waals surface area contributed by atoms with E-state index in [2.05, 4.69) is 83.1 Å². The highest BCUT2D eigenvalue weighted by atomic mass is 28.2. The molecule has 0 saturated carbocycles. The maximum absolute atomic E-state index is 6.47. The second kappa shape index (κ2) is 12.4. The maximum atomic E-state index is 6.47. The Morgan fingerprint density at radius 2 is 0.862 bits per heavy atom. The summed E-state index contributed by atoms with van der Waals surface area (Å²) in [6.07, 6.45) is 7.02. The SMILES string of the molecule is CC(C)(C)CCC(O[SiH2]CCC[SiH2]OC(CCC(C)(C)C)C(C)(C)C)C(C)(C)C. The number of rotatable bonds is 12. The van der Waals surface area contributed by atoms with Crippen LogP contribution >= 0.6 is 0 Å². The van der Waals surface area contributed by atoms with Crippen molar-refractivity contribution in [1.82, 2.24) is 0 Å². The second-order valence-corrected chi connectivity index (χ2v) is 16.6. The van der Waals surface area contributed by atoms with Crippen LogP contribution < -0.4 is 0 Å². The fraction of sp³-hybridized carbons (Fsp3) is 1.00. The molecule has 0 aromatic carbocycles. The third-order valence-corrected chi connectivity index (χ3v) is 8.53. The lowest BCUT2D eigenvalue weighted by Crippen LogP contribution is -2.32. The van der Waals surface area contributed by atoms with Crippen LogP contribution in [0.1, 0.15) is 115 Å². The molecule has 176 valence electrons. The molecule has 0 N–H and O–H groups in total. The normalized spacial score (nSPS) is 17.0. The van der Waals surface area contributed by atoms with E-state index in [1.165, 1.54) is 44.2 Å². The van der Waals surface area contributed by atoms with Gasteiger partial charge in [0.2, 0.25) is 0 Å². The van der Waals surface area contributed by atoms with Gasteiger partial charge in [-0.25, -0.2) is 0 Å². The summed E-state index contributed by atoms with van der Waals surface area (Å²) in [5.41, 5.74) is 1.30. The summed E-state index contributed by atoms with van der Waals surface area (Å²) in [5.74, 6) is 0. The lowest BCUT2D eigenvalue weighted by Gasteiger charge is -2.34. The van der Waals surface area contributed by atoms with Crippen molar-refractivity contribution in [2.45, 2.75) is 139 Å². The first-order chi connectivity index (χ1) is 12.9. The zero-order chi connectivity index (χ0) is 22.9. The Bertz CT molecular complexity index is 382. The molecule has 2 unspecified atom stereocenters. The van der Waals surface area contributed by atoms with Crippen LogP contribution in [-0.4, -0.2) is 31.7 Å².